The summed E-state index contributed by atoms with van der Waals surface area (Å²) < 4.78 is 0.999. The van der Waals surface area contributed by atoms with Crippen molar-refractivity contribution in [2.75, 3.05) is 0 Å². The second-order valence-electron chi connectivity index (χ2n) is 2.59. The van der Waals surface area contributed by atoms with Crippen LogP contribution in [-0.4, -0.2) is 4.20 Å². The lowest BCUT2D eigenvalue weighted by atomic mass is 10.1. The van der Waals surface area contributed by atoms with Gasteiger partial charge in [0.15, 0.2) is 0 Å². The first-order valence-corrected chi connectivity index (χ1v) is 5.03. The molecule has 0 atom stereocenters. The van der Waals surface area contributed by atoms with Crippen LogP contribution in [0.3, 0.4) is 0 Å². The lowest BCUT2D eigenvalue weighted by molar-refractivity contribution is 1.43. The second-order valence-corrected chi connectivity index (χ2v) is 4.31. The minimum absolute atomic E-state index is 0.999. The molecule has 0 aliphatic carbocycles. The Labute approximate surface area is 81.7 Å². The van der Waals surface area contributed by atoms with E-state index in [4.69, 9.17) is 12.2 Å². The zero-order valence-corrected chi connectivity index (χ0v) is 8.34. The Bertz CT molecular complexity index is 364. The number of rotatable bonds is 0. The molecule has 0 amide bonds. The number of fused-ring (bicyclic) bond motifs is 1. The molecular weight excluding hydrogens is 184 g/mol. The number of hydrogen-bond donors (Lipinski definition) is 0. The van der Waals surface area contributed by atoms with Crippen molar-refractivity contribution >= 4 is 33.7 Å². The zero-order chi connectivity index (χ0) is 8.55. The van der Waals surface area contributed by atoms with E-state index in [0.717, 1.165) is 4.20 Å². The number of allylic oxidation sites excluding steroid dienone is 1. The van der Waals surface area contributed by atoms with Gasteiger partial charge < -0.3 is 0 Å². The van der Waals surface area contributed by atoms with Crippen LogP contribution in [-0.2, 0) is 0 Å². The molecular formula is C10H8S2. The lowest BCUT2D eigenvalue weighted by Gasteiger charge is -1.95. The first kappa shape index (κ1) is 8.02. The van der Waals surface area contributed by atoms with Crippen molar-refractivity contribution in [1.29, 1.82) is 0 Å². The molecule has 0 nitrogen and oxygen atoms in total. The van der Waals surface area contributed by atoms with Gasteiger partial charge in [-0.25, -0.2) is 0 Å². The van der Waals surface area contributed by atoms with Gasteiger partial charge in [-0.3, -0.25) is 0 Å². The number of thiocarbonyl (C=S) groups is 1. The van der Waals surface area contributed by atoms with Gasteiger partial charge in [0.25, 0.3) is 0 Å². The fraction of sp³-hybridized carbons (Fsp3) is 0.100. The number of hydrogen-bond acceptors (Lipinski definition) is 2. The molecule has 0 bridgehead atoms. The van der Waals surface area contributed by atoms with Gasteiger partial charge in [-0.1, -0.05) is 48.3 Å². The van der Waals surface area contributed by atoms with Gasteiger partial charge in [-0.05, 0) is 18.6 Å². The minimum Gasteiger partial charge on any atom is -0.0777 e. The predicted molar refractivity (Wildman–Crippen MR) is 58.5 cm³/mol. The molecule has 60 valence electrons. The maximum absolute atomic E-state index is 5.24. The van der Waals surface area contributed by atoms with Crippen LogP contribution in [0.5, 0.6) is 0 Å². The molecule has 1 aliphatic rings. The maximum atomic E-state index is 5.24. The smallest absolute Gasteiger partial charge is 0.0777 e. The third-order valence-corrected chi connectivity index (χ3v) is 3.34. The van der Waals surface area contributed by atoms with Crippen LogP contribution in [0.2, 0.25) is 0 Å². The van der Waals surface area contributed by atoms with Gasteiger partial charge in [0.05, 0.1) is 4.20 Å². The van der Waals surface area contributed by atoms with Crippen LogP contribution in [0.25, 0.3) is 5.57 Å². The minimum atomic E-state index is 0.999. The molecule has 1 aromatic carbocycles. The summed E-state index contributed by atoms with van der Waals surface area (Å²) >= 11 is 6.93. The fourth-order valence-corrected chi connectivity index (χ4v) is 2.79. The van der Waals surface area contributed by atoms with Crippen LogP contribution in [0, 0.1) is 0 Å². The van der Waals surface area contributed by atoms with Crippen LogP contribution in [0.1, 0.15) is 12.5 Å². The average Bonchev–Trinajstić information content (AvgIpc) is 2.40. The standard InChI is InChI=1S/C10H8S2/c1-2-7-8-5-3-4-6-9(8)12-10(7)11/h2-6H,1H3/b7-2-. The van der Waals surface area contributed by atoms with E-state index in [0.29, 0.717) is 0 Å². The summed E-state index contributed by atoms with van der Waals surface area (Å²) in [4.78, 5) is 1.29. The Balaban J connectivity index is 2.62. The molecule has 0 saturated carbocycles. The molecule has 0 spiro atoms. The summed E-state index contributed by atoms with van der Waals surface area (Å²) in [5.41, 5.74) is 2.50. The largest absolute Gasteiger partial charge is 0.0829 e. The van der Waals surface area contributed by atoms with E-state index in [1.807, 2.05) is 13.0 Å². The van der Waals surface area contributed by atoms with Crippen molar-refractivity contribution in [1.82, 2.24) is 0 Å². The third-order valence-electron chi connectivity index (χ3n) is 1.89. The number of thioether (sulfide) groups is 1. The molecule has 0 radical (unpaired) electrons. The molecule has 0 fully saturated rings. The summed E-state index contributed by atoms with van der Waals surface area (Å²) in [5.74, 6) is 0. The van der Waals surface area contributed by atoms with Gasteiger partial charge in [0.2, 0.25) is 0 Å². The normalized spacial score (nSPS) is 18.4. The van der Waals surface area contributed by atoms with E-state index in [1.165, 1.54) is 16.0 Å². The van der Waals surface area contributed by atoms with Gasteiger partial charge >= 0.3 is 0 Å². The Morgan fingerprint density at radius 1 is 1.33 bits per heavy atom. The van der Waals surface area contributed by atoms with E-state index in [1.54, 1.807) is 11.8 Å². The highest BCUT2D eigenvalue weighted by Crippen LogP contribution is 2.40. The Morgan fingerprint density at radius 2 is 2.08 bits per heavy atom. The van der Waals surface area contributed by atoms with E-state index in [-0.39, 0.29) is 0 Å². The van der Waals surface area contributed by atoms with Crippen molar-refractivity contribution in [3.05, 3.63) is 35.9 Å². The maximum Gasteiger partial charge on any atom is 0.0829 e. The second kappa shape index (κ2) is 3.04. The molecule has 1 aliphatic heterocycles. The van der Waals surface area contributed by atoms with Gasteiger partial charge in [-0.15, -0.1) is 0 Å². The van der Waals surface area contributed by atoms with Gasteiger partial charge in [0, 0.05) is 10.5 Å². The summed E-state index contributed by atoms with van der Waals surface area (Å²) in [6.45, 7) is 2.03. The number of benzene rings is 1. The predicted octanol–water partition coefficient (Wildman–Crippen LogP) is 3.52. The molecule has 0 unspecified atom stereocenters. The van der Waals surface area contributed by atoms with Crippen molar-refractivity contribution < 1.29 is 0 Å². The summed E-state index contributed by atoms with van der Waals surface area (Å²) in [6, 6.07) is 8.34. The highest BCUT2D eigenvalue weighted by Gasteiger charge is 2.20. The molecule has 2 heteroatoms. The summed E-state index contributed by atoms with van der Waals surface area (Å²) in [5, 5.41) is 0. The first-order valence-electron chi connectivity index (χ1n) is 3.81. The van der Waals surface area contributed by atoms with Gasteiger partial charge in [-0.2, -0.15) is 0 Å². The van der Waals surface area contributed by atoms with Crippen LogP contribution in [0.4, 0.5) is 0 Å². The van der Waals surface area contributed by atoms with Crippen LogP contribution in [0.15, 0.2) is 35.2 Å². The van der Waals surface area contributed by atoms with E-state index in [9.17, 15) is 0 Å². The monoisotopic (exact) mass is 192 g/mol. The Hall–Kier alpha value is -0.600. The van der Waals surface area contributed by atoms with Crippen LogP contribution < -0.4 is 0 Å². The lowest BCUT2D eigenvalue weighted by Crippen LogP contribution is -1.82. The molecule has 2 rings (SSSR count). The molecule has 12 heavy (non-hydrogen) atoms. The molecule has 1 aromatic rings. The van der Waals surface area contributed by atoms with Crippen molar-refractivity contribution in [3.8, 4) is 0 Å². The van der Waals surface area contributed by atoms with E-state index in [2.05, 4.69) is 24.3 Å². The van der Waals surface area contributed by atoms with E-state index < -0.39 is 0 Å². The molecule has 0 saturated heterocycles. The average molecular weight is 192 g/mol. The zero-order valence-electron chi connectivity index (χ0n) is 6.70. The Kier molecular flexibility index (Phi) is 2.03. The molecule has 0 aromatic heterocycles. The quantitative estimate of drug-likeness (QED) is 0.455. The summed E-state index contributed by atoms with van der Waals surface area (Å²) in [7, 11) is 0. The Morgan fingerprint density at radius 3 is 2.83 bits per heavy atom. The molecule has 1 heterocycles. The van der Waals surface area contributed by atoms with Crippen molar-refractivity contribution in [2.24, 2.45) is 0 Å². The van der Waals surface area contributed by atoms with Crippen LogP contribution >= 0.6 is 24.0 Å². The topological polar surface area (TPSA) is 0 Å². The van der Waals surface area contributed by atoms with Crippen molar-refractivity contribution in [3.63, 3.8) is 0 Å². The SMILES string of the molecule is C/C=C1\C(=S)Sc2ccccc21. The van der Waals surface area contributed by atoms with Crippen molar-refractivity contribution in [2.45, 2.75) is 11.8 Å². The highest BCUT2D eigenvalue weighted by atomic mass is 32.2. The van der Waals surface area contributed by atoms with Gasteiger partial charge in [0.1, 0.15) is 0 Å². The molecule has 0 N–H and O–H groups in total. The third kappa shape index (κ3) is 1.11. The summed E-state index contributed by atoms with van der Waals surface area (Å²) in [6.07, 6.45) is 2.08. The fourth-order valence-electron chi connectivity index (χ4n) is 1.32. The highest BCUT2D eigenvalue weighted by molar-refractivity contribution is 8.25. The first-order chi connectivity index (χ1) is 5.83. The van der Waals surface area contributed by atoms with E-state index >= 15 is 0 Å².